The molecule has 0 heterocycles. The van der Waals surface area contributed by atoms with Crippen LogP contribution >= 0.6 is 0 Å². The van der Waals surface area contributed by atoms with Gasteiger partial charge in [0.2, 0.25) is 5.91 Å². The summed E-state index contributed by atoms with van der Waals surface area (Å²) in [6.07, 6.45) is 67.1. The van der Waals surface area contributed by atoms with Crippen LogP contribution in [0.3, 0.4) is 0 Å². The van der Waals surface area contributed by atoms with Crippen molar-refractivity contribution in [1.82, 2.24) is 5.32 Å². The molecule has 342 valence electrons. The minimum Gasteiger partial charge on any atom is -0.394 e. The fraction of sp³-hybridized carbons (Fsp3) is 0.870. The highest BCUT2D eigenvalue weighted by molar-refractivity contribution is 5.76. The highest BCUT2D eigenvalue weighted by Crippen LogP contribution is 2.18. The lowest BCUT2D eigenvalue weighted by Crippen LogP contribution is -2.45. The fourth-order valence-corrected chi connectivity index (χ4v) is 8.20. The highest BCUT2D eigenvalue weighted by atomic mass is 16.3. The Hall–Kier alpha value is -1.39. The lowest BCUT2D eigenvalue weighted by atomic mass is 10.0. The Morgan fingerprint density at radius 1 is 0.431 bits per heavy atom. The van der Waals surface area contributed by atoms with Crippen LogP contribution in [-0.4, -0.2) is 34.9 Å². The average molecular weight is 814 g/mol. The summed E-state index contributed by atoms with van der Waals surface area (Å²) in [6, 6.07) is -0.552. The number of hydrogen-bond acceptors (Lipinski definition) is 3. The molecule has 58 heavy (non-hydrogen) atoms. The Labute approximate surface area is 363 Å². The van der Waals surface area contributed by atoms with Crippen LogP contribution < -0.4 is 5.32 Å². The molecular weight excluding hydrogens is 711 g/mol. The maximum atomic E-state index is 12.4. The largest absolute Gasteiger partial charge is 0.394 e. The predicted octanol–water partition coefficient (Wildman–Crippen LogP) is 16.9. The Bertz CT molecular complexity index is 882. The Kier molecular flexibility index (Phi) is 48.8. The van der Waals surface area contributed by atoms with Gasteiger partial charge in [-0.05, 0) is 44.9 Å². The van der Waals surface area contributed by atoms with Crippen LogP contribution in [0.1, 0.15) is 284 Å². The Morgan fingerprint density at radius 2 is 0.759 bits per heavy atom. The van der Waals surface area contributed by atoms with Crippen LogP contribution in [-0.2, 0) is 4.79 Å². The van der Waals surface area contributed by atoms with E-state index in [0.717, 1.165) is 57.8 Å². The van der Waals surface area contributed by atoms with E-state index in [4.69, 9.17) is 0 Å². The molecule has 0 saturated carbocycles. The van der Waals surface area contributed by atoms with Crippen molar-refractivity contribution in [3.63, 3.8) is 0 Å². The second kappa shape index (κ2) is 50.0. The van der Waals surface area contributed by atoms with Crippen molar-refractivity contribution < 1.29 is 15.0 Å². The second-order valence-electron chi connectivity index (χ2n) is 17.9. The first-order valence-electron chi connectivity index (χ1n) is 26.2. The molecule has 0 aliphatic rings. The Balaban J connectivity index is 3.39. The SMILES string of the molecule is CC/C=C\C/C=C\C/C=C\CCCCCC(=O)NC(CO)C(O)CCCCCCCCCCCCCCCCCCCCCCCCCCCCCCCCCCC. The minimum atomic E-state index is -0.672. The lowest BCUT2D eigenvalue weighted by Gasteiger charge is -2.22. The standard InChI is InChI=1S/C54H103NO3/c1-3-5-7-9-11-13-15-17-18-19-20-21-22-23-24-25-26-27-28-29-30-31-32-33-34-35-36-38-39-41-43-45-47-49-53(57)52(51-56)55-54(58)50-48-46-44-42-40-37-16-14-12-10-8-6-4-2/h6,8,12,14,37,40,52-53,56-57H,3-5,7,9-11,13,15-36,38-39,41-51H2,1-2H3,(H,55,58)/b8-6-,14-12-,40-37-. The molecule has 4 nitrogen and oxygen atoms in total. The zero-order valence-corrected chi connectivity index (χ0v) is 39.3. The van der Waals surface area contributed by atoms with Crippen LogP contribution in [0.15, 0.2) is 36.5 Å². The summed E-state index contributed by atoms with van der Waals surface area (Å²) in [5, 5.41) is 23.2. The quantitative estimate of drug-likeness (QED) is 0.0423. The predicted molar refractivity (Wildman–Crippen MR) is 258 cm³/mol. The van der Waals surface area contributed by atoms with Gasteiger partial charge in [-0.25, -0.2) is 0 Å². The van der Waals surface area contributed by atoms with Gasteiger partial charge in [-0.2, -0.15) is 0 Å². The smallest absolute Gasteiger partial charge is 0.220 e. The zero-order chi connectivity index (χ0) is 42.1. The molecule has 0 bridgehead atoms. The fourth-order valence-electron chi connectivity index (χ4n) is 8.20. The summed E-state index contributed by atoms with van der Waals surface area (Å²) in [6.45, 7) is 4.25. The number of rotatable bonds is 48. The van der Waals surface area contributed by atoms with Crippen LogP contribution in [0, 0.1) is 0 Å². The molecule has 0 rings (SSSR count). The van der Waals surface area contributed by atoms with Crippen molar-refractivity contribution in [3.05, 3.63) is 36.5 Å². The summed E-state index contributed by atoms with van der Waals surface area (Å²) in [4.78, 5) is 12.4. The molecule has 1 amide bonds. The van der Waals surface area contributed by atoms with Crippen LogP contribution in [0.4, 0.5) is 0 Å². The third kappa shape index (κ3) is 45.7. The van der Waals surface area contributed by atoms with Crippen molar-refractivity contribution >= 4 is 5.91 Å². The number of carbonyl (C=O) groups excluding carboxylic acids is 1. The van der Waals surface area contributed by atoms with Crippen LogP contribution in [0.25, 0.3) is 0 Å². The first kappa shape index (κ1) is 56.6. The van der Waals surface area contributed by atoms with E-state index < -0.39 is 12.1 Å². The van der Waals surface area contributed by atoms with Gasteiger partial charge in [0.1, 0.15) is 0 Å². The summed E-state index contributed by atoms with van der Waals surface area (Å²) in [5.41, 5.74) is 0. The molecule has 0 aromatic rings. The number of unbranched alkanes of at least 4 members (excludes halogenated alkanes) is 35. The van der Waals surface area contributed by atoms with Crippen molar-refractivity contribution in [2.75, 3.05) is 6.61 Å². The summed E-state index contributed by atoms with van der Waals surface area (Å²) < 4.78 is 0. The van der Waals surface area contributed by atoms with E-state index in [-0.39, 0.29) is 12.5 Å². The number of aliphatic hydroxyl groups excluding tert-OH is 2. The second-order valence-corrected chi connectivity index (χ2v) is 17.9. The molecule has 0 spiro atoms. The van der Waals surface area contributed by atoms with Crippen molar-refractivity contribution in [2.24, 2.45) is 0 Å². The van der Waals surface area contributed by atoms with Gasteiger partial charge in [-0.1, -0.05) is 269 Å². The first-order valence-corrected chi connectivity index (χ1v) is 26.2. The van der Waals surface area contributed by atoms with Crippen molar-refractivity contribution in [3.8, 4) is 0 Å². The van der Waals surface area contributed by atoms with Gasteiger partial charge in [0.25, 0.3) is 0 Å². The van der Waals surface area contributed by atoms with E-state index in [1.165, 1.54) is 199 Å². The molecular formula is C54H103NO3. The van der Waals surface area contributed by atoms with E-state index in [9.17, 15) is 15.0 Å². The topological polar surface area (TPSA) is 69.6 Å². The number of hydrogen-bond donors (Lipinski definition) is 3. The van der Waals surface area contributed by atoms with Gasteiger partial charge in [-0.3, -0.25) is 4.79 Å². The van der Waals surface area contributed by atoms with E-state index in [1.54, 1.807) is 0 Å². The lowest BCUT2D eigenvalue weighted by molar-refractivity contribution is -0.123. The third-order valence-electron chi connectivity index (χ3n) is 12.2. The molecule has 0 aliphatic heterocycles. The Morgan fingerprint density at radius 3 is 1.12 bits per heavy atom. The van der Waals surface area contributed by atoms with Crippen LogP contribution in [0.2, 0.25) is 0 Å². The van der Waals surface area contributed by atoms with E-state index in [0.29, 0.717) is 12.8 Å². The zero-order valence-electron chi connectivity index (χ0n) is 39.3. The number of aliphatic hydroxyl groups is 2. The molecule has 0 saturated heterocycles. The van der Waals surface area contributed by atoms with Crippen molar-refractivity contribution in [2.45, 2.75) is 296 Å². The first-order chi connectivity index (χ1) is 28.7. The molecule has 0 fully saturated rings. The van der Waals surface area contributed by atoms with Crippen molar-refractivity contribution in [1.29, 1.82) is 0 Å². The highest BCUT2D eigenvalue weighted by Gasteiger charge is 2.20. The summed E-state index contributed by atoms with van der Waals surface area (Å²) in [7, 11) is 0. The van der Waals surface area contributed by atoms with Gasteiger partial charge >= 0.3 is 0 Å². The van der Waals surface area contributed by atoms with Gasteiger partial charge in [-0.15, -0.1) is 0 Å². The molecule has 0 aliphatic carbocycles. The van der Waals surface area contributed by atoms with E-state index >= 15 is 0 Å². The van der Waals surface area contributed by atoms with Gasteiger partial charge in [0.05, 0.1) is 18.8 Å². The molecule has 2 unspecified atom stereocenters. The monoisotopic (exact) mass is 814 g/mol. The van der Waals surface area contributed by atoms with E-state index in [2.05, 4.69) is 55.6 Å². The van der Waals surface area contributed by atoms with Gasteiger partial charge < -0.3 is 15.5 Å². The molecule has 3 N–H and O–H groups in total. The van der Waals surface area contributed by atoms with Gasteiger partial charge in [0.15, 0.2) is 0 Å². The summed E-state index contributed by atoms with van der Waals surface area (Å²) in [5.74, 6) is -0.0583. The number of allylic oxidation sites excluding steroid dienone is 6. The molecule has 2 atom stereocenters. The number of nitrogens with one attached hydrogen (secondary N) is 1. The molecule has 4 heteroatoms. The third-order valence-corrected chi connectivity index (χ3v) is 12.2. The number of amides is 1. The van der Waals surface area contributed by atoms with Gasteiger partial charge in [0, 0.05) is 6.42 Å². The van der Waals surface area contributed by atoms with Crippen LogP contribution in [0.5, 0.6) is 0 Å². The molecule has 0 aromatic heterocycles. The summed E-state index contributed by atoms with van der Waals surface area (Å²) >= 11 is 0. The molecule has 0 radical (unpaired) electrons. The normalized spacial score (nSPS) is 13.1. The number of carbonyl (C=O) groups is 1. The molecule has 0 aromatic carbocycles. The maximum Gasteiger partial charge on any atom is 0.220 e. The minimum absolute atomic E-state index is 0.0583. The van der Waals surface area contributed by atoms with E-state index in [1.807, 2.05) is 0 Å². The maximum absolute atomic E-state index is 12.4. The average Bonchev–Trinajstić information content (AvgIpc) is 3.23.